The molecule has 0 atom stereocenters. The van der Waals surface area contributed by atoms with E-state index in [1.54, 1.807) is 18.2 Å². The van der Waals surface area contributed by atoms with Gasteiger partial charge in [-0.3, -0.25) is 4.79 Å². The van der Waals surface area contributed by atoms with E-state index in [9.17, 15) is 9.59 Å². The van der Waals surface area contributed by atoms with Gasteiger partial charge in [-0.15, -0.1) is 0 Å². The molecular formula is C29H35N2O6P. The standard InChI is InChI=1S/C29H35N2O6P/c1-34-29(33)26-13-12-23(28(32)31-15-17-36-19-21-37-20-18-35-16-14-30)22-27(26)38(24-8-4-2-5-9-24)25-10-6-3-7-11-25/h2-13,22H,14-21,30H2,1H3,(H,31,32). The molecule has 0 bridgehead atoms. The normalized spacial score (nSPS) is 10.9. The zero-order valence-corrected chi connectivity index (χ0v) is 22.5. The van der Waals surface area contributed by atoms with Crippen LogP contribution in [0, 0.1) is 0 Å². The first-order chi connectivity index (χ1) is 18.7. The lowest BCUT2D eigenvalue weighted by molar-refractivity contribution is 0.0166. The van der Waals surface area contributed by atoms with Crippen LogP contribution in [0.2, 0.25) is 0 Å². The minimum atomic E-state index is -1.11. The molecule has 0 aromatic heterocycles. The third kappa shape index (κ3) is 9.01. The molecule has 0 aliphatic rings. The highest BCUT2D eigenvalue weighted by atomic mass is 31.1. The molecule has 0 saturated carbocycles. The van der Waals surface area contributed by atoms with Gasteiger partial charge in [-0.2, -0.15) is 0 Å². The third-order valence-corrected chi connectivity index (χ3v) is 7.95. The number of rotatable bonds is 16. The second-order valence-corrected chi connectivity index (χ2v) is 10.3. The minimum absolute atomic E-state index is 0.240. The van der Waals surface area contributed by atoms with Crippen LogP contribution in [0.5, 0.6) is 0 Å². The molecule has 202 valence electrons. The number of benzene rings is 3. The van der Waals surface area contributed by atoms with Crippen molar-refractivity contribution in [1.82, 2.24) is 5.32 Å². The number of nitrogens with one attached hydrogen (secondary N) is 1. The molecule has 0 aliphatic carbocycles. The van der Waals surface area contributed by atoms with Crippen LogP contribution in [-0.4, -0.2) is 71.7 Å². The maximum absolute atomic E-state index is 13.0. The van der Waals surface area contributed by atoms with Crippen LogP contribution in [0.25, 0.3) is 0 Å². The number of esters is 1. The highest BCUT2D eigenvalue weighted by molar-refractivity contribution is 7.80. The van der Waals surface area contributed by atoms with Gasteiger partial charge < -0.3 is 30.0 Å². The Kier molecular flexibility index (Phi) is 12.9. The molecule has 0 aliphatic heterocycles. The van der Waals surface area contributed by atoms with Gasteiger partial charge >= 0.3 is 5.97 Å². The molecule has 0 spiro atoms. The van der Waals surface area contributed by atoms with Crippen molar-refractivity contribution in [3.63, 3.8) is 0 Å². The van der Waals surface area contributed by atoms with Gasteiger partial charge in [0.25, 0.3) is 5.91 Å². The Bertz CT molecular complexity index is 1090. The summed E-state index contributed by atoms with van der Waals surface area (Å²) in [5, 5.41) is 5.79. The Morgan fingerprint density at radius 1 is 0.763 bits per heavy atom. The number of methoxy groups -OCH3 is 1. The van der Waals surface area contributed by atoms with E-state index in [0.29, 0.717) is 63.9 Å². The van der Waals surface area contributed by atoms with Crippen molar-refractivity contribution in [2.24, 2.45) is 5.73 Å². The van der Waals surface area contributed by atoms with Crippen LogP contribution in [-0.2, 0) is 18.9 Å². The summed E-state index contributed by atoms with van der Waals surface area (Å²) < 4.78 is 21.3. The molecule has 0 heterocycles. The van der Waals surface area contributed by atoms with E-state index >= 15 is 0 Å². The van der Waals surface area contributed by atoms with Gasteiger partial charge in [-0.1, -0.05) is 60.7 Å². The van der Waals surface area contributed by atoms with Crippen LogP contribution < -0.4 is 27.0 Å². The molecule has 1 amide bonds. The molecule has 3 aromatic carbocycles. The summed E-state index contributed by atoms with van der Waals surface area (Å²) in [7, 11) is 0.251. The first kappa shape index (κ1) is 29.4. The van der Waals surface area contributed by atoms with Gasteiger partial charge in [0.15, 0.2) is 0 Å². The van der Waals surface area contributed by atoms with E-state index in [4.69, 9.17) is 24.7 Å². The fraction of sp³-hybridized carbons (Fsp3) is 0.310. The van der Waals surface area contributed by atoms with Crippen molar-refractivity contribution >= 4 is 35.7 Å². The lowest BCUT2D eigenvalue weighted by atomic mass is 10.1. The predicted molar refractivity (Wildman–Crippen MR) is 150 cm³/mol. The number of hydrogen-bond acceptors (Lipinski definition) is 7. The number of hydrogen-bond donors (Lipinski definition) is 2. The number of ether oxygens (including phenoxy) is 4. The Labute approximate surface area is 225 Å². The van der Waals surface area contributed by atoms with Gasteiger partial charge in [0.2, 0.25) is 0 Å². The van der Waals surface area contributed by atoms with E-state index < -0.39 is 13.9 Å². The smallest absolute Gasteiger partial charge is 0.338 e. The highest BCUT2D eigenvalue weighted by Gasteiger charge is 2.24. The zero-order valence-electron chi connectivity index (χ0n) is 21.6. The SMILES string of the molecule is COC(=O)c1ccc(C(=O)NCCOCCOCCOCCN)cc1P(c1ccccc1)c1ccccc1. The molecule has 0 unspecified atom stereocenters. The first-order valence-corrected chi connectivity index (χ1v) is 13.8. The van der Waals surface area contributed by atoms with Crippen molar-refractivity contribution < 1.29 is 28.5 Å². The third-order valence-electron chi connectivity index (χ3n) is 5.47. The van der Waals surface area contributed by atoms with E-state index in [-0.39, 0.29) is 5.91 Å². The summed E-state index contributed by atoms with van der Waals surface area (Å²) in [6.45, 7) is 3.56. The topological polar surface area (TPSA) is 109 Å². The van der Waals surface area contributed by atoms with E-state index in [2.05, 4.69) is 5.32 Å². The number of carbonyl (C=O) groups is 2. The molecule has 3 rings (SSSR count). The Morgan fingerprint density at radius 3 is 1.87 bits per heavy atom. The summed E-state index contributed by atoms with van der Waals surface area (Å²) in [5.74, 6) is -0.677. The number of amides is 1. The van der Waals surface area contributed by atoms with Crippen LogP contribution in [0.15, 0.2) is 78.9 Å². The average molecular weight is 539 g/mol. The number of carbonyl (C=O) groups excluding carboxylic acids is 2. The van der Waals surface area contributed by atoms with E-state index in [1.165, 1.54) is 7.11 Å². The first-order valence-electron chi connectivity index (χ1n) is 12.5. The molecule has 9 heteroatoms. The summed E-state index contributed by atoms with van der Waals surface area (Å²) in [5.41, 5.74) is 6.27. The molecule has 3 aromatic rings. The molecular weight excluding hydrogens is 503 g/mol. The fourth-order valence-electron chi connectivity index (χ4n) is 3.69. The lowest BCUT2D eigenvalue weighted by Crippen LogP contribution is -2.30. The van der Waals surface area contributed by atoms with Gasteiger partial charge in [-0.25, -0.2) is 4.79 Å². The van der Waals surface area contributed by atoms with Crippen molar-refractivity contribution in [2.75, 3.05) is 59.8 Å². The molecule has 0 radical (unpaired) electrons. The molecule has 3 N–H and O–H groups in total. The average Bonchev–Trinajstić information content (AvgIpc) is 2.96. The Balaban J connectivity index is 1.67. The van der Waals surface area contributed by atoms with Crippen molar-refractivity contribution in [2.45, 2.75) is 0 Å². The quantitative estimate of drug-likeness (QED) is 0.163. The summed E-state index contributed by atoms with van der Waals surface area (Å²) in [6.07, 6.45) is 0. The summed E-state index contributed by atoms with van der Waals surface area (Å²) in [6, 6.07) is 25.1. The van der Waals surface area contributed by atoms with Gasteiger partial charge in [0, 0.05) is 24.0 Å². The second kappa shape index (κ2) is 16.7. The number of nitrogens with two attached hydrogens (primary N) is 1. The minimum Gasteiger partial charge on any atom is -0.465 e. The van der Waals surface area contributed by atoms with Crippen LogP contribution in [0.4, 0.5) is 0 Å². The predicted octanol–water partition coefficient (Wildman–Crippen LogP) is 1.97. The van der Waals surface area contributed by atoms with Gasteiger partial charge in [0.1, 0.15) is 0 Å². The van der Waals surface area contributed by atoms with E-state index in [1.807, 2.05) is 60.7 Å². The van der Waals surface area contributed by atoms with E-state index in [0.717, 1.165) is 15.9 Å². The Hall–Kier alpha value is -3.13. The molecule has 8 nitrogen and oxygen atoms in total. The van der Waals surface area contributed by atoms with Crippen molar-refractivity contribution in [3.05, 3.63) is 90.0 Å². The largest absolute Gasteiger partial charge is 0.465 e. The van der Waals surface area contributed by atoms with Crippen LogP contribution in [0.1, 0.15) is 20.7 Å². The molecule has 38 heavy (non-hydrogen) atoms. The summed E-state index contributed by atoms with van der Waals surface area (Å²) in [4.78, 5) is 25.7. The maximum Gasteiger partial charge on any atom is 0.338 e. The molecule has 0 saturated heterocycles. The maximum atomic E-state index is 13.0. The molecule has 0 fully saturated rings. The van der Waals surface area contributed by atoms with Crippen LogP contribution in [0.3, 0.4) is 0 Å². The second-order valence-electron chi connectivity index (χ2n) is 8.11. The Morgan fingerprint density at radius 2 is 1.32 bits per heavy atom. The fourth-order valence-corrected chi connectivity index (χ4v) is 6.16. The van der Waals surface area contributed by atoms with Crippen molar-refractivity contribution in [1.29, 1.82) is 0 Å². The summed E-state index contributed by atoms with van der Waals surface area (Å²) >= 11 is 0. The highest BCUT2D eigenvalue weighted by Crippen LogP contribution is 2.34. The van der Waals surface area contributed by atoms with Crippen molar-refractivity contribution in [3.8, 4) is 0 Å². The lowest BCUT2D eigenvalue weighted by Gasteiger charge is -2.22. The zero-order chi connectivity index (χ0) is 27.0. The van der Waals surface area contributed by atoms with Gasteiger partial charge in [0.05, 0.1) is 52.3 Å². The van der Waals surface area contributed by atoms with Gasteiger partial charge in [-0.05, 0) is 36.7 Å². The van der Waals surface area contributed by atoms with Crippen LogP contribution >= 0.6 is 7.92 Å². The monoisotopic (exact) mass is 538 g/mol.